The van der Waals surface area contributed by atoms with E-state index in [1.807, 2.05) is 37.9 Å². The van der Waals surface area contributed by atoms with Crippen molar-refractivity contribution in [2.24, 2.45) is 7.05 Å². The average Bonchev–Trinajstić information content (AvgIpc) is 3.15. The second-order valence-electron chi connectivity index (χ2n) is 5.36. The average molecular weight is 317 g/mol. The zero-order valence-electron chi connectivity index (χ0n) is 13.1. The second-order valence-corrected chi connectivity index (χ2v) is 6.60. The molecule has 3 heterocycles. The zero-order valence-corrected chi connectivity index (χ0v) is 13.9. The van der Waals surface area contributed by atoms with Crippen molar-refractivity contribution in [2.45, 2.75) is 33.2 Å². The highest BCUT2D eigenvalue weighted by atomic mass is 32.1. The molecule has 3 rings (SSSR count). The van der Waals surface area contributed by atoms with Crippen LogP contribution in [0.1, 0.15) is 45.3 Å². The highest BCUT2D eigenvalue weighted by Gasteiger charge is 2.21. The summed E-state index contributed by atoms with van der Waals surface area (Å²) < 4.78 is 3.59. The van der Waals surface area contributed by atoms with Crippen LogP contribution in [0.15, 0.2) is 18.6 Å². The van der Waals surface area contributed by atoms with Gasteiger partial charge in [0.15, 0.2) is 0 Å². The maximum absolute atomic E-state index is 12.6. The van der Waals surface area contributed by atoms with Gasteiger partial charge in [0.25, 0.3) is 5.91 Å². The minimum absolute atomic E-state index is 0.0693. The summed E-state index contributed by atoms with van der Waals surface area (Å²) in [6.07, 6.45) is 6.12. The monoisotopic (exact) mass is 317 g/mol. The van der Waals surface area contributed by atoms with Crippen LogP contribution < -0.4 is 5.32 Å². The molecule has 116 valence electrons. The molecule has 7 heteroatoms. The van der Waals surface area contributed by atoms with E-state index in [4.69, 9.17) is 0 Å². The summed E-state index contributed by atoms with van der Waals surface area (Å²) >= 11 is 1.64. The van der Waals surface area contributed by atoms with Gasteiger partial charge in [0, 0.05) is 24.3 Å². The van der Waals surface area contributed by atoms with Gasteiger partial charge in [0.05, 0.1) is 17.9 Å². The number of imidazole rings is 1. The number of aryl methyl sites for hydroxylation is 3. The summed E-state index contributed by atoms with van der Waals surface area (Å²) in [4.78, 5) is 18.4. The van der Waals surface area contributed by atoms with Crippen LogP contribution in [-0.2, 0) is 7.05 Å². The first-order chi connectivity index (χ1) is 10.5. The molecule has 0 saturated carbocycles. The maximum Gasteiger partial charge on any atom is 0.257 e. The predicted octanol–water partition coefficient (Wildman–Crippen LogP) is 2.63. The molecular weight excluding hydrogens is 298 g/mol. The summed E-state index contributed by atoms with van der Waals surface area (Å²) in [6, 6.07) is -0.0693. The highest BCUT2D eigenvalue weighted by molar-refractivity contribution is 7.11. The van der Waals surface area contributed by atoms with E-state index in [-0.39, 0.29) is 11.9 Å². The Labute approximate surface area is 132 Å². The van der Waals surface area contributed by atoms with Crippen molar-refractivity contribution in [1.29, 1.82) is 0 Å². The Morgan fingerprint density at radius 2 is 2.18 bits per heavy atom. The Morgan fingerprint density at radius 1 is 1.41 bits per heavy atom. The fourth-order valence-electron chi connectivity index (χ4n) is 2.43. The van der Waals surface area contributed by atoms with Crippen molar-refractivity contribution in [3.8, 4) is 0 Å². The maximum atomic E-state index is 12.6. The lowest BCUT2D eigenvalue weighted by molar-refractivity contribution is 0.0936. The van der Waals surface area contributed by atoms with Gasteiger partial charge in [-0.25, -0.2) is 9.50 Å². The Bertz CT molecular complexity index is 809. The van der Waals surface area contributed by atoms with E-state index in [1.165, 1.54) is 4.88 Å². The minimum Gasteiger partial charge on any atom is -0.343 e. The van der Waals surface area contributed by atoms with Crippen molar-refractivity contribution in [3.05, 3.63) is 39.7 Å². The second kappa shape index (κ2) is 5.57. The molecule has 0 unspecified atom stereocenters. The number of carbonyl (C=O) groups is 1. The third kappa shape index (κ3) is 2.41. The van der Waals surface area contributed by atoms with Gasteiger partial charge in [-0.1, -0.05) is 6.92 Å². The van der Waals surface area contributed by atoms with Crippen molar-refractivity contribution in [2.75, 3.05) is 0 Å². The topological polar surface area (TPSA) is 64.2 Å². The van der Waals surface area contributed by atoms with Crippen LogP contribution in [0.25, 0.3) is 5.65 Å². The van der Waals surface area contributed by atoms with Crippen molar-refractivity contribution in [3.63, 3.8) is 0 Å². The molecule has 1 atom stereocenters. The molecule has 0 bridgehead atoms. The first kappa shape index (κ1) is 14.8. The summed E-state index contributed by atoms with van der Waals surface area (Å²) in [5, 5.41) is 8.24. The van der Waals surface area contributed by atoms with E-state index >= 15 is 0 Å². The molecule has 0 spiro atoms. The van der Waals surface area contributed by atoms with E-state index < -0.39 is 0 Å². The number of nitrogens with zero attached hydrogens (tertiary/aromatic N) is 4. The van der Waals surface area contributed by atoms with Gasteiger partial charge >= 0.3 is 0 Å². The highest BCUT2D eigenvalue weighted by Crippen LogP contribution is 2.25. The lowest BCUT2D eigenvalue weighted by Gasteiger charge is -2.14. The molecule has 0 fully saturated rings. The van der Waals surface area contributed by atoms with E-state index in [0.29, 0.717) is 5.56 Å². The minimum atomic E-state index is -0.117. The number of carbonyl (C=O) groups excluding carboxylic acids is 1. The normalized spacial score (nSPS) is 12.7. The predicted molar refractivity (Wildman–Crippen MR) is 86.2 cm³/mol. The Balaban J connectivity index is 1.87. The number of nitrogens with one attached hydrogen (secondary N) is 1. The van der Waals surface area contributed by atoms with Crippen LogP contribution in [0.2, 0.25) is 0 Å². The number of rotatable bonds is 4. The molecule has 0 aliphatic rings. The fraction of sp³-hybridized carbons (Fsp3) is 0.400. The van der Waals surface area contributed by atoms with Crippen LogP contribution in [0.5, 0.6) is 0 Å². The van der Waals surface area contributed by atoms with Crippen molar-refractivity contribution in [1.82, 2.24) is 24.5 Å². The molecule has 0 radical (unpaired) electrons. The molecule has 0 saturated heterocycles. The molecule has 3 aromatic rings. The molecule has 0 aliphatic carbocycles. The van der Waals surface area contributed by atoms with Gasteiger partial charge in [0.2, 0.25) is 0 Å². The van der Waals surface area contributed by atoms with Crippen LogP contribution in [0.3, 0.4) is 0 Å². The Morgan fingerprint density at radius 3 is 2.82 bits per heavy atom. The molecule has 1 amide bonds. The van der Waals surface area contributed by atoms with Crippen LogP contribution in [0.4, 0.5) is 0 Å². The quantitative estimate of drug-likeness (QED) is 0.804. The number of hydrogen-bond acceptors (Lipinski definition) is 4. The molecule has 22 heavy (non-hydrogen) atoms. The Kier molecular flexibility index (Phi) is 3.74. The van der Waals surface area contributed by atoms with Gasteiger partial charge < -0.3 is 9.88 Å². The van der Waals surface area contributed by atoms with Gasteiger partial charge in [-0.05, 0) is 20.3 Å². The van der Waals surface area contributed by atoms with Crippen molar-refractivity contribution < 1.29 is 4.79 Å². The SMILES string of the molecule is CC[C@H](NC(=O)c1cnn2ccn(C)c12)c1nc(C)c(C)s1. The third-order valence-corrected chi connectivity index (χ3v) is 5.02. The number of hydrogen-bond donors (Lipinski definition) is 1. The summed E-state index contributed by atoms with van der Waals surface area (Å²) in [5.41, 5.74) is 2.40. The number of aromatic nitrogens is 4. The van der Waals surface area contributed by atoms with Crippen LogP contribution in [-0.4, -0.2) is 25.1 Å². The molecular formula is C15H19N5OS. The van der Waals surface area contributed by atoms with Crippen molar-refractivity contribution >= 4 is 22.9 Å². The zero-order chi connectivity index (χ0) is 15.9. The summed E-state index contributed by atoms with van der Waals surface area (Å²) in [7, 11) is 1.90. The number of amides is 1. The lowest BCUT2D eigenvalue weighted by Crippen LogP contribution is -2.28. The van der Waals surface area contributed by atoms with E-state index in [9.17, 15) is 4.79 Å². The van der Waals surface area contributed by atoms with Crippen LogP contribution >= 0.6 is 11.3 Å². The molecule has 6 nitrogen and oxygen atoms in total. The van der Waals surface area contributed by atoms with E-state index in [2.05, 4.69) is 22.3 Å². The third-order valence-electron chi connectivity index (χ3n) is 3.84. The summed E-state index contributed by atoms with van der Waals surface area (Å²) in [5.74, 6) is -0.117. The first-order valence-corrected chi connectivity index (χ1v) is 8.06. The van der Waals surface area contributed by atoms with Gasteiger partial charge in [-0.3, -0.25) is 4.79 Å². The molecule has 3 aromatic heterocycles. The first-order valence-electron chi connectivity index (χ1n) is 7.24. The molecule has 0 aliphatic heterocycles. The number of thiazole rings is 1. The molecule has 1 N–H and O–H groups in total. The largest absolute Gasteiger partial charge is 0.343 e. The van der Waals surface area contributed by atoms with Crippen LogP contribution in [0, 0.1) is 13.8 Å². The van der Waals surface area contributed by atoms with Gasteiger partial charge in [0.1, 0.15) is 16.2 Å². The Hall–Kier alpha value is -2.15. The van der Waals surface area contributed by atoms with Gasteiger partial charge in [-0.2, -0.15) is 5.10 Å². The standard InChI is InChI=1S/C15H19N5OS/c1-5-12(14-17-9(2)10(3)22-14)18-13(21)11-8-16-20-7-6-19(4)15(11)20/h6-8,12H,5H2,1-4H3,(H,18,21)/t12-/m0/s1. The van der Waals surface area contributed by atoms with Gasteiger partial charge in [-0.15, -0.1) is 11.3 Å². The lowest BCUT2D eigenvalue weighted by atomic mass is 10.2. The smallest absolute Gasteiger partial charge is 0.257 e. The fourth-order valence-corrected chi connectivity index (χ4v) is 3.49. The molecule has 0 aromatic carbocycles. The van der Waals surface area contributed by atoms with E-state index in [0.717, 1.165) is 22.8 Å². The van der Waals surface area contributed by atoms with E-state index in [1.54, 1.807) is 22.0 Å². The summed E-state index contributed by atoms with van der Waals surface area (Å²) in [6.45, 7) is 6.10. The number of fused-ring (bicyclic) bond motifs is 1.